The van der Waals surface area contributed by atoms with E-state index in [0.29, 0.717) is 18.6 Å². The molecule has 0 aromatic carbocycles. The first-order chi connectivity index (χ1) is 6.52. The minimum Gasteiger partial charge on any atom is -0.481 e. The monoisotopic (exact) mass is 197 g/mol. The quantitative estimate of drug-likeness (QED) is 0.307. The number of hydrogen-bond donors (Lipinski definition) is 2. The molecule has 78 valence electrons. The molecule has 1 rings (SSSR count). The molecule has 0 heterocycles. The van der Waals surface area contributed by atoms with Crippen LogP contribution in [0.3, 0.4) is 0 Å². The lowest BCUT2D eigenvalue weighted by atomic mass is 9.67. The molecule has 0 fully saturated rings. The van der Waals surface area contributed by atoms with Crippen LogP contribution in [0.1, 0.15) is 26.7 Å². The Bertz CT molecular complexity index is 296. The number of rotatable bonds is 2. The lowest BCUT2D eigenvalue weighted by Crippen LogP contribution is -2.40. The Hall–Kier alpha value is -1.32. The molecule has 0 aromatic rings. The highest BCUT2D eigenvalue weighted by atomic mass is 16.4. The Morgan fingerprint density at radius 1 is 1.57 bits per heavy atom. The highest BCUT2D eigenvalue weighted by Crippen LogP contribution is 2.39. The van der Waals surface area contributed by atoms with Gasteiger partial charge in [-0.15, -0.1) is 0 Å². The number of hydrogen-bond acceptors (Lipinski definition) is 3. The van der Waals surface area contributed by atoms with Crippen LogP contribution < -0.4 is 0 Å². The van der Waals surface area contributed by atoms with Crippen LogP contribution in [0.25, 0.3) is 0 Å². The molecule has 1 aliphatic carbocycles. The molecular weight excluding hydrogens is 182 g/mol. The summed E-state index contributed by atoms with van der Waals surface area (Å²) in [6.45, 7) is 3.49. The maximum absolute atomic E-state index is 11.0. The Morgan fingerprint density at radius 3 is 2.71 bits per heavy atom. The molecule has 0 aromatic heterocycles. The van der Waals surface area contributed by atoms with Crippen molar-refractivity contribution in [1.29, 1.82) is 0 Å². The van der Waals surface area contributed by atoms with Crippen LogP contribution >= 0.6 is 0 Å². The van der Waals surface area contributed by atoms with Crippen molar-refractivity contribution in [1.82, 2.24) is 0 Å². The van der Waals surface area contributed by atoms with Gasteiger partial charge in [0.05, 0.1) is 11.6 Å². The molecule has 0 saturated heterocycles. The van der Waals surface area contributed by atoms with Crippen molar-refractivity contribution in [3.8, 4) is 0 Å². The van der Waals surface area contributed by atoms with E-state index in [4.69, 9.17) is 10.3 Å². The van der Waals surface area contributed by atoms with E-state index in [-0.39, 0.29) is 0 Å². The Labute approximate surface area is 82.9 Å². The van der Waals surface area contributed by atoms with Crippen LogP contribution in [0.2, 0.25) is 0 Å². The fourth-order valence-corrected chi connectivity index (χ4v) is 1.85. The van der Waals surface area contributed by atoms with E-state index in [1.807, 2.05) is 19.1 Å². The molecule has 0 bridgehead atoms. The SMILES string of the molecule is C/C(=N\O)[C@]1(C)CC=CC[C@@H]1C(=O)O. The van der Waals surface area contributed by atoms with Crippen LogP contribution in [-0.4, -0.2) is 22.0 Å². The van der Waals surface area contributed by atoms with Gasteiger partial charge < -0.3 is 10.3 Å². The zero-order valence-electron chi connectivity index (χ0n) is 8.40. The average Bonchev–Trinajstić information content (AvgIpc) is 2.16. The molecule has 4 heteroatoms. The first kappa shape index (κ1) is 10.8. The van der Waals surface area contributed by atoms with Crippen molar-refractivity contribution in [2.75, 3.05) is 0 Å². The van der Waals surface area contributed by atoms with E-state index in [1.54, 1.807) is 6.92 Å². The molecule has 1 aliphatic rings. The Balaban J connectivity index is 3.04. The molecule has 4 nitrogen and oxygen atoms in total. The third-order valence-electron chi connectivity index (χ3n) is 3.12. The van der Waals surface area contributed by atoms with Gasteiger partial charge in [0.1, 0.15) is 0 Å². The van der Waals surface area contributed by atoms with Crippen molar-refractivity contribution in [3.05, 3.63) is 12.2 Å². The smallest absolute Gasteiger partial charge is 0.307 e. The summed E-state index contributed by atoms with van der Waals surface area (Å²) in [4.78, 5) is 11.0. The summed E-state index contributed by atoms with van der Waals surface area (Å²) >= 11 is 0. The van der Waals surface area contributed by atoms with E-state index in [0.717, 1.165) is 0 Å². The lowest BCUT2D eigenvalue weighted by molar-refractivity contribution is -0.144. The van der Waals surface area contributed by atoms with Crippen molar-refractivity contribution in [2.24, 2.45) is 16.5 Å². The minimum atomic E-state index is -0.833. The van der Waals surface area contributed by atoms with Gasteiger partial charge in [-0.1, -0.05) is 24.2 Å². The maximum atomic E-state index is 11.0. The summed E-state index contributed by atoms with van der Waals surface area (Å²) in [5.74, 6) is -1.33. The summed E-state index contributed by atoms with van der Waals surface area (Å²) in [5, 5.41) is 20.9. The number of aliphatic carboxylic acids is 1. The number of nitrogens with zero attached hydrogens (tertiary/aromatic N) is 1. The molecule has 0 radical (unpaired) electrons. The lowest BCUT2D eigenvalue weighted by Gasteiger charge is -2.35. The second-order valence-corrected chi connectivity index (χ2v) is 3.90. The average molecular weight is 197 g/mol. The van der Waals surface area contributed by atoms with Crippen molar-refractivity contribution >= 4 is 11.7 Å². The van der Waals surface area contributed by atoms with Gasteiger partial charge in [0.2, 0.25) is 0 Å². The standard InChI is InChI=1S/C10H15NO3/c1-7(11-14)10(2)6-4-3-5-8(10)9(12)13/h3-4,8,14H,5-6H2,1-2H3,(H,12,13)/b11-7+/t8-,10+/m1/s1. The molecule has 0 amide bonds. The maximum Gasteiger partial charge on any atom is 0.307 e. The molecule has 0 aliphatic heterocycles. The van der Waals surface area contributed by atoms with E-state index in [2.05, 4.69) is 5.16 Å². The van der Waals surface area contributed by atoms with E-state index >= 15 is 0 Å². The summed E-state index contributed by atoms with van der Waals surface area (Å²) in [6, 6.07) is 0. The summed E-state index contributed by atoms with van der Waals surface area (Å²) in [5.41, 5.74) is -0.0794. The predicted octanol–water partition coefficient (Wildman–Crippen LogP) is 1.89. The minimum absolute atomic E-state index is 0.481. The third-order valence-corrected chi connectivity index (χ3v) is 3.12. The van der Waals surface area contributed by atoms with Gasteiger partial charge in [-0.25, -0.2) is 0 Å². The van der Waals surface area contributed by atoms with E-state index in [9.17, 15) is 4.79 Å². The topological polar surface area (TPSA) is 69.9 Å². The molecule has 0 saturated carbocycles. The molecule has 2 atom stereocenters. The molecule has 2 N–H and O–H groups in total. The number of carboxylic acids is 1. The Kier molecular flexibility index (Phi) is 2.93. The van der Waals surface area contributed by atoms with Gasteiger partial charge in [0, 0.05) is 5.41 Å². The van der Waals surface area contributed by atoms with Crippen LogP contribution in [0, 0.1) is 11.3 Å². The molecular formula is C10H15NO3. The van der Waals surface area contributed by atoms with Gasteiger partial charge in [0.15, 0.2) is 0 Å². The fourth-order valence-electron chi connectivity index (χ4n) is 1.85. The zero-order valence-corrected chi connectivity index (χ0v) is 8.40. The van der Waals surface area contributed by atoms with E-state index < -0.39 is 17.3 Å². The van der Waals surface area contributed by atoms with Gasteiger partial charge >= 0.3 is 5.97 Å². The predicted molar refractivity (Wildman–Crippen MR) is 52.5 cm³/mol. The first-order valence-electron chi connectivity index (χ1n) is 4.59. The largest absolute Gasteiger partial charge is 0.481 e. The van der Waals surface area contributed by atoms with Crippen molar-refractivity contribution in [3.63, 3.8) is 0 Å². The van der Waals surface area contributed by atoms with Crippen LogP contribution in [0.4, 0.5) is 0 Å². The number of allylic oxidation sites excluding steroid dienone is 2. The highest BCUT2D eigenvalue weighted by Gasteiger charge is 2.42. The van der Waals surface area contributed by atoms with Crippen LogP contribution in [0.15, 0.2) is 17.3 Å². The van der Waals surface area contributed by atoms with Gasteiger partial charge in [-0.05, 0) is 19.8 Å². The second-order valence-electron chi connectivity index (χ2n) is 3.90. The van der Waals surface area contributed by atoms with Crippen LogP contribution in [0.5, 0.6) is 0 Å². The Morgan fingerprint density at radius 2 is 2.21 bits per heavy atom. The summed E-state index contributed by atoms with van der Waals surface area (Å²) in [7, 11) is 0. The second kappa shape index (κ2) is 3.82. The van der Waals surface area contributed by atoms with Crippen LogP contribution in [-0.2, 0) is 4.79 Å². The summed E-state index contributed by atoms with van der Waals surface area (Å²) < 4.78 is 0. The van der Waals surface area contributed by atoms with Gasteiger partial charge in [0.25, 0.3) is 0 Å². The molecule has 0 spiro atoms. The van der Waals surface area contributed by atoms with Crippen molar-refractivity contribution in [2.45, 2.75) is 26.7 Å². The van der Waals surface area contributed by atoms with Crippen molar-refractivity contribution < 1.29 is 15.1 Å². The summed E-state index contributed by atoms with van der Waals surface area (Å²) in [6.07, 6.45) is 4.91. The van der Waals surface area contributed by atoms with Gasteiger partial charge in [-0.2, -0.15) is 0 Å². The fraction of sp³-hybridized carbons (Fsp3) is 0.600. The van der Waals surface area contributed by atoms with Gasteiger partial charge in [-0.3, -0.25) is 4.79 Å². The first-order valence-corrected chi connectivity index (χ1v) is 4.59. The normalized spacial score (nSPS) is 33.0. The number of carboxylic acid groups (broad SMARTS) is 1. The van der Waals surface area contributed by atoms with E-state index in [1.165, 1.54) is 0 Å². The number of oxime groups is 1. The molecule has 0 unspecified atom stereocenters. The molecule has 14 heavy (non-hydrogen) atoms. The highest BCUT2D eigenvalue weighted by molar-refractivity contribution is 5.92. The zero-order chi connectivity index (χ0) is 10.8. The third kappa shape index (κ3) is 1.64. The number of carbonyl (C=O) groups is 1.